The van der Waals surface area contributed by atoms with E-state index in [-0.39, 0.29) is 5.82 Å². The highest BCUT2D eigenvalue weighted by molar-refractivity contribution is 5.46. The molecule has 2 aromatic rings. The predicted molar refractivity (Wildman–Crippen MR) is 69.6 cm³/mol. The molecule has 4 heteroatoms. The van der Waals surface area contributed by atoms with Crippen molar-refractivity contribution in [3.63, 3.8) is 0 Å². The average Bonchev–Trinajstić information content (AvgIpc) is 2.34. The molecule has 0 radical (unpaired) electrons. The fraction of sp³-hybridized carbons (Fsp3) is 0.214. The summed E-state index contributed by atoms with van der Waals surface area (Å²) in [5, 5.41) is 3.15. The minimum absolute atomic E-state index is 0.264. The SMILES string of the molecule is CCNc1cncc(Oc2ccc(F)cc2C)c1. The van der Waals surface area contributed by atoms with Crippen molar-refractivity contribution in [2.75, 3.05) is 11.9 Å². The molecule has 0 atom stereocenters. The highest BCUT2D eigenvalue weighted by atomic mass is 19.1. The smallest absolute Gasteiger partial charge is 0.147 e. The number of halogens is 1. The maximum atomic E-state index is 13.0. The molecule has 94 valence electrons. The molecule has 0 fully saturated rings. The maximum absolute atomic E-state index is 13.0. The number of aromatic nitrogens is 1. The summed E-state index contributed by atoms with van der Waals surface area (Å²) in [5.41, 5.74) is 1.65. The van der Waals surface area contributed by atoms with Crippen molar-refractivity contribution in [2.45, 2.75) is 13.8 Å². The van der Waals surface area contributed by atoms with Crippen LogP contribution in [-0.4, -0.2) is 11.5 Å². The Hall–Kier alpha value is -2.10. The lowest BCUT2D eigenvalue weighted by atomic mass is 10.2. The van der Waals surface area contributed by atoms with Crippen LogP contribution < -0.4 is 10.1 Å². The van der Waals surface area contributed by atoms with Gasteiger partial charge in [0, 0.05) is 12.6 Å². The number of hydrogen-bond donors (Lipinski definition) is 1. The third kappa shape index (κ3) is 2.97. The van der Waals surface area contributed by atoms with Gasteiger partial charge in [-0.05, 0) is 37.6 Å². The van der Waals surface area contributed by atoms with Crippen molar-refractivity contribution in [1.82, 2.24) is 4.98 Å². The Balaban J connectivity index is 2.20. The molecule has 0 aliphatic heterocycles. The number of pyridine rings is 1. The van der Waals surface area contributed by atoms with Crippen molar-refractivity contribution in [3.8, 4) is 11.5 Å². The molecule has 1 aromatic heterocycles. The van der Waals surface area contributed by atoms with E-state index in [1.54, 1.807) is 25.4 Å². The second-order valence-corrected chi connectivity index (χ2v) is 3.95. The Morgan fingerprint density at radius 1 is 1.28 bits per heavy atom. The first kappa shape index (κ1) is 12.4. The van der Waals surface area contributed by atoms with E-state index in [1.807, 2.05) is 13.0 Å². The zero-order valence-corrected chi connectivity index (χ0v) is 10.4. The van der Waals surface area contributed by atoms with Crippen LogP contribution in [0.2, 0.25) is 0 Å². The first-order valence-electron chi connectivity index (χ1n) is 5.82. The first-order valence-corrected chi connectivity index (χ1v) is 5.82. The van der Waals surface area contributed by atoms with Gasteiger partial charge in [-0.25, -0.2) is 4.39 Å². The summed E-state index contributed by atoms with van der Waals surface area (Å²) in [5.74, 6) is 0.995. The molecule has 0 saturated heterocycles. The molecule has 0 unspecified atom stereocenters. The average molecular weight is 246 g/mol. The van der Waals surface area contributed by atoms with Gasteiger partial charge in [0.1, 0.15) is 17.3 Å². The molecule has 0 bridgehead atoms. The van der Waals surface area contributed by atoms with Gasteiger partial charge in [0.25, 0.3) is 0 Å². The van der Waals surface area contributed by atoms with E-state index in [2.05, 4.69) is 10.3 Å². The molecular formula is C14H15FN2O. The van der Waals surface area contributed by atoms with E-state index >= 15 is 0 Å². The number of ether oxygens (including phenoxy) is 1. The lowest BCUT2D eigenvalue weighted by Gasteiger charge is -2.10. The van der Waals surface area contributed by atoms with Gasteiger partial charge in [-0.1, -0.05) is 0 Å². The van der Waals surface area contributed by atoms with Crippen LogP contribution in [0.1, 0.15) is 12.5 Å². The maximum Gasteiger partial charge on any atom is 0.147 e. The Morgan fingerprint density at radius 3 is 2.83 bits per heavy atom. The highest BCUT2D eigenvalue weighted by Gasteiger charge is 2.03. The van der Waals surface area contributed by atoms with Crippen LogP contribution in [-0.2, 0) is 0 Å². The monoisotopic (exact) mass is 246 g/mol. The van der Waals surface area contributed by atoms with Crippen molar-refractivity contribution in [2.24, 2.45) is 0 Å². The summed E-state index contributed by atoms with van der Waals surface area (Å²) >= 11 is 0. The molecule has 1 aromatic carbocycles. The normalized spacial score (nSPS) is 10.2. The predicted octanol–water partition coefficient (Wildman–Crippen LogP) is 3.75. The van der Waals surface area contributed by atoms with Crippen LogP contribution in [0.15, 0.2) is 36.7 Å². The summed E-state index contributed by atoms with van der Waals surface area (Å²) in [6.45, 7) is 4.64. The first-order chi connectivity index (χ1) is 8.69. The molecule has 0 aliphatic carbocycles. The molecule has 1 heterocycles. The molecule has 0 amide bonds. The second-order valence-electron chi connectivity index (χ2n) is 3.95. The van der Waals surface area contributed by atoms with Gasteiger partial charge in [0.05, 0.1) is 18.1 Å². The van der Waals surface area contributed by atoms with Crippen molar-refractivity contribution in [1.29, 1.82) is 0 Å². The zero-order valence-electron chi connectivity index (χ0n) is 10.4. The fourth-order valence-corrected chi connectivity index (χ4v) is 1.63. The third-order valence-corrected chi connectivity index (χ3v) is 2.46. The van der Waals surface area contributed by atoms with E-state index in [0.29, 0.717) is 11.5 Å². The number of anilines is 1. The Kier molecular flexibility index (Phi) is 3.77. The van der Waals surface area contributed by atoms with E-state index < -0.39 is 0 Å². The Morgan fingerprint density at radius 2 is 2.11 bits per heavy atom. The molecular weight excluding hydrogens is 231 g/mol. The van der Waals surface area contributed by atoms with E-state index in [4.69, 9.17) is 4.74 Å². The number of rotatable bonds is 4. The summed E-state index contributed by atoms with van der Waals surface area (Å²) in [7, 11) is 0. The van der Waals surface area contributed by atoms with Gasteiger partial charge in [-0.2, -0.15) is 0 Å². The molecule has 0 spiro atoms. The second kappa shape index (κ2) is 5.49. The molecule has 0 aliphatic rings. The van der Waals surface area contributed by atoms with E-state index in [0.717, 1.165) is 17.8 Å². The van der Waals surface area contributed by atoms with Crippen molar-refractivity contribution < 1.29 is 9.13 Å². The van der Waals surface area contributed by atoms with Gasteiger partial charge >= 0.3 is 0 Å². The number of aryl methyl sites for hydroxylation is 1. The fourth-order valence-electron chi connectivity index (χ4n) is 1.63. The number of benzene rings is 1. The standard InChI is InChI=1S/C14H15FN2O/c1-3-17-12-7-13(9-16-8-12)18-14-5-4-11(15)6-10(14)2/h4-9,17H,3H2,1-2H3. The zero-order chi connectivity index (χ0) is 13.0. The van der Waals surface area contributed by atoms with Crippen molar-refractivity contribution in [3.05, 3.63) is 48.0 Å². The van der Waals surface area contributed by atoms with Gasteiger partial charge in [-0.15, -0.1) is 0 Å². The topological polar surface area (TPSA) is 34.2 Å². The third-order valence-electron chi connectivity index (χ3n) is 2.46. The minimum Gasteiger partial charge on any atom is -0.455 e. The molecule has 18 heavy (non-hydrogen) atoms. The summed E-state index contributed by atoms with van der Waals surface area (Å²) in [4.78, 5) is 4.09. The summed E-state index contributed by atoms with van der Waals surface area (Å²) < 4.78 is 18.7. The highest BCUT2D eigenvalue weighted by Crippen LogP contribution is 2.26. The summed E-state index contributed by atoms with van der Waals surface area (Å²) in [6.07, 6.45) is 3.36. The molecule has 0 saturated carbocycles. The summed E-state index contributed by atoms with van der Waals surface area (Å²) in [6, 6.07) is 6.30. The van der Waals surface area contributed by atoms with Crippen LogP contribution in [0.3, 0.4) is 0 Å². The molecule has 1 N–H and O–H groups in total. The van der Waals surface area contributed by atoms with Crippen molar-refractivity contribution >= 4 is 5.69 Å². The van der Waals surface area contributed by atoms with Gasteiger partial charge < -0.3 is 10.1 Å². The van der Waals surface area contributed by atoms with Crippen LogP contribution in [0.5, 0.6) is 11.5 Å². The Bertz CT molecular complexity index is 543. The molecule has 2 rings (SSSR count). The van der Waals surface area contributed by atoms with Crippen LogP contribution >= 0.6 is 0 Å². The number of hydrogen-bond acceptors (Lipinski definition) is 3. The number of nitrogens with zero attached hydrogens (tertiary/aromatic N) is 1. The van der Waals surface area contributed by atoms with Crippen LogP contribution in [0.25, 0.3) is 0 Å². The van der Waals surface area contributed by atoms with E-state index in [1.165, 1.54) is 12.1 Å². The Labute approximate surface area is 106 Å². The van der Waals surface area contributed by atoms with Crippen LogP contribution in [0, 0.1) is 12.7 Å². The van der Waals surface area contributed by atoms with Gasteiger partial charge in [-0.3, -0.25) is 4.98 Å². The van der Waals surface area contributed by atoms with E-state index in [9.17, 15) is 4.39 Å². The minimum atomic E-state index is -0.264. The van der Waals surface area contributed by atoms with Gasteiger partial charge in [0.2, 0.25) is 0 Å². The lowest BCUT2D eigenvalue weighted by molar-refractivity contribution is 0.474. The quantitative estimate of drug-likeness (QED) is 0.892. The van der Waals surface area contributed by atoms with Crippen LogP contribution in [0.4, 0.5) is 10.1 Å². The van der Waals surface area contributed by atoms with Gasteiger partial charge in [0.15, 0.2) is 0 Å². The number of nitrogens with one attached hydrogen (secondary N) is 1. The molecule has 3 nitrogen and oxygen atoms in total. The lowest BCUT2D eigenvalue weighted by Crippen LogP contribution is -1.97. The largest absolute Gasteiger partial charge is 0.455 e.